The average Bonchev–Trinajstić information content (AvgIpc) is 2.54. The van der Waals surface area contributed by atoms with E-state index in [1.807, 2.05) is 4.95 Å². The quantitative estimate of drug-likeness (QED) is 0.393. The molecule has 0 radical (unpaired) electrons. The van der Waals surface area contributed by atoms with Crippen LogP contribution in [0.1, 0.15) is 0 Å². The van der Waals surface area contributed by atoms with Crippen LogP contribution >= 0.6 is 15.1 Å². The van der Waals surface area contributed by atoms with E-state index in [1.165, 1.54) is 30.6 Å². The standard InChI is InChI=1S/C13H12F2N2O6P2/c14-11-4-3-9(6-12(11)15)10-2-1-5-17(7-10)8-13(25(21,22)23)24(19,20)16-18/h1-7,13H,8H2,(H2-,19,20,21,22,23)/p+1. The lowest BCUT2D eigenvalue weighted by atomic mass is 10.1. The molecule has 0 saturated heterocycles. The predicted octanol–water partition coefficient (Wildman–Crippen LogP) is 2.37. The number of hydrogen-bond donors (Lipinski definition) is 3. The van der Waals surface area contributed by atoms with Gasteiger partial charge >= 0.3 is 15.1 Å². The third-order valence-electron chi connectivity index (χ3n) is 3.38. The van der Waals surface area contributed by atoms with Gasteiger partial charge < -0.3 is 14.7 Å². The maximum atomic E-state index is 13.3. The summed E-state index contributed by atoms with van der Waals surface area (Å²) in [7, 11) is -10.1. The highest BCUT2D eigenvalue weighted by atomic mass is 31.2. The Hall–Kier alpha value is -1.83. The molecule has 0 aliphatic rings. The minimum absolute atomic E-state index is 0.279. The van der Waals surface area contributed by atoms with Crippen LogP contribution in [-0.4, -0.2) is 20.1 Å². The highest BCUT2D eigenvalue weighted by Crippen LogP contribution is 2.63. The molecule has 0 aliphatic heterocycles. The fourth-order valence-corrected chi connectivity index (χ4v) is 4.74. The van der Waals surface area contributed by atoms with E-state index in [9.17, 15) is 37.5 Å². The van der Waals surface area contributed by atoms with Crippen molar-refractivity contribution < 1.29 is 37.2 Å². The summed E-state index contributed by atoms with van der Waals surface area (Å²) in [6.45, 7) is -0.679. The van der Waals surface area contributed by atoms with Crippen LogP contribution in [0.3, 0.4) is 0 Å². The second-order valence-electron chi connectivity index (χ2n) is 5.16. The molecule has 0 fully saturated rings. The zero-order valence-electron chi connectivity index (χ0n) is 12.4. The summed E-state index contributed by atoms with van der Waals surface area (Å²) in [6, 6.07) is 6.09. The van der Waals surface area contributed by atoms with Crippen LogP contribution in [0.5, 0.6) is 0 Å². The number of hydrogen-bond acceptors (Lipinski definition) is 3. The topological polar surface area (TPSA) is 128 Å². The summed E-state index contributed by atoms with van der Waals surface area (Å²) in [5.74, 6) is -2.11. The van der Waals surface area contributed by atoms with Gasteiger partial charge in [-0.05, 0) is 23.8 Å². The van der Waals surface area contributed by atoms with Crippen molar-refractivity contribution in [1.82, 2.24) is 0 Å². The zero-order chi connectivity index (χ0) is 18.8. The summed E-state index contributed by atoms with van der Waals surface area (Å²) in [5.41, 5.74) is 0.638. The van der Waals surface area contributed by atoms with Crippen LogP contribution in [0.15, 0.2) is 47.7 Å². The Morgan fingerprint density at radius 1 is 1.08 bits per heavy atom. The molecule has 0 spiro atoms. The van der Waals surface area contributed by atoms with Gasteiger partial charge in [-0.25, -0.2) is 13.3 Å². The van der Waals surface area contributed by atoms with E-state index in [1.54, 1.807) is 0 Å². The van der Waals surface area contributed by atoms with Crippen LogP contribution in [0, 0.1) is 16.5 Å². The van der Waals surface area contributed by atoms with Gasteiger partial charge in [0.05, 0.1) is 0 Å². The SMILES string of the molecule is O=NP(=O)(O)C(C[n+]1cccc(-c2ccc(F)c(F)c2)c1)P(=O)(O)O. The van der Waals surface area contributed by atoms with Gasteiger partial charge in [-0.1, -0.05) is 6.07 Å². The number of halogens is 2. The molecule has 25 heavy (non-hydrogen) atoms. The van der Waals surface area contributed by atoms with E-state index >= 15 is 0 Å². The molecule has 8 nitrogen and oxygen atoms in total. The van der Waals surface area contributed by atoms with Crippen molar-refractivity contribution >= 4 is 15.1 Å². The first-order valence-electron chi connectivity index (χ1n) is 6.72. The van der Waals surface area contributed by atoms with Crippen molar-refractivity contribution in [3.05, 3.63) is 59.3 Å². The minimum atomic E-state index is -5.12. The lowest BCUT2D eigenvalue weighted by molar-refractivity contribution is -0.694. The highest BCUT2D eigenvalue weighted by molar-refractivity contribution is 7.73. The van der Waals surface area contributed by atoms with E-state index < -0.39 is 38.7 Å². The van der Waals surface area contributed by atoms with E-state index in [0.717, 1.165) is 16.7 Å². The van der Waals surface area contributed by atoms with Gasteiger partial charge in [0.25, 0.3) is 0 Å². The minimum Gasteiger partial charge on any atom is -0.325 e. The number of aromatic nitrogens is 1. The fraction of sp³-hybridized carbons (Fsp3) is 0.154. The molecule has 2 atom stereocenters. The Labute approximate surface area is 140 Å². The summed E-state index contributed by atoms with van der Waals surface area (Å²) in [5, 5.41) is -2.22. The first-order chi connectivity index (χ1) is 11.5. The molecule has 12 heteroatoms. The van der Waals surface area contributed by atoms with Gasteiger partial charge in [0.2, 0.25) is 5.40 Å². The number of benzene rings is 1. The summed E-state index contributed by atoms with van der Waals surface area (Å²) >= 11 is 0. The van der Waals surface area contributed by atoms with Crippen molar-refractivity contribution in [2.45, 2.75) is 11.9 Å². The Morgan fingerprint density at radius 3 is 2.32 bits per heavy atom. The van der Waals surface area contributed by atoms with Crippen LogP contribution < -0.4 is 4.57 Å². The lowest BCUT2D eigenvalue weighted by Gasteiger charge is -2.16. The number of nitroso groups, excluding NO2 is 1. The number of rotatable bonds is 6. The summed E-state index contributed by atoms with van der Waals surface area (Å²) in [4.78, 5) is 40.3. The molecule has 0 bridgehead atoms. The second kappa shape index (κ2) is 7.19. The van der Waals surface area contributed by atoms with E-state index in [2.05, 4.69) is 0 Å². The molecular formula is C13H13F2N2O6P2+. The molecule has 0 aliphatic carbocycles. The molecule has 3 N–H and O–H groups in total. The van der Waals surface area contributed by atoms with Crippen LogP contribution in [-0.2, 0) is 15.7 Å². The first-order valence-corrected chi connectivity index (χ1v) is 10.1. The highest BCUT2D eigenvalue weighted by Gasteiger charge is 2.48. The van der Waals surface area contributed by atoms with Gasteiger partial charge in [0.15, 0.2) is 30.6 Å². The van der Waals surface area contributed by atoms with E-state index in [0.29, 0.717) is 5.56 Å². The molecule has 2 unspecified atom stereocenters. The Balaban J connectivity index is 2.40. The predicted molar refractivity (Wildman–Crippen MR) is 83.4 cm³/mol. The van der Waals surface area contributed by atoms with Gasteiger partial charge in [0.1, 0.15) is 0 Å². The molecule has 2 aromatic rings. The monoisotopic (exact) mass is 393 g/mol. The van der Waals surface area contributed by atoms with Crippen molar-refractivity contribution in [1.29, 1.82) is 0 Å². The van der Waals surface area contributed by atoms with Crippen molar-refractivity contribution in [3.63, 3.8) is 0 Å². The molecule has 1 aromatic carbocycles. The van der Waals surface area contributed by atoms with Crippen molar-refractivity contribution in [2.75, 3.05) is 0 Å². The van der Waals surface area contributed by atoms with Gasteiger partial charge in [-0.3, -0.25) is 9.13 Å². The lowest BCUT2D eigenvalue weighted by Crippen LogP contribution is -2.39. The summed E-state index contributed by atoms with van der Waals surface area (Å²) < 4.78 is 50.6. The third-order valence-corrected chi connectivity index (χ3v) is 7.30. The van der Waals surface area contributed by atoms with Gasteiger partial charge in [-0.15, -0.1) is 4.91 Å². The maximum Gasteiger partial charge on any atom is 0.371 e. The van der Waals surface area contributed by atoms with Gasteiger partial charge in [0, 0.05) is 16.6 Å². The normalized spacial score (nSPS) is 15.4. The first kappa shape index (κ1) is 19.5. The molecule has 134 valence electrons. The average molecular weight is 393 g/mol. The molecule has 1 aromatic heterocycles. The number of nitrogens with zero attached hydrogens (tertiary/aromatic N) is 2. The van der Waals surface area contributed by atoms with Crippen LogP contribution in [0.25, 0.3) is 11.1 Å². The van der Waals surface area contributed by atoms with Crippen LogP contribution in [0.4, 0.5) is 8.78 Å². The maximum absolute atomic E-state index is 13.3. The molecule has 2 rings (SSSR count). The smallest absolute Gasteiger partial charge is 0.325 e. The van der Waals surface area contributed by atoms with E-state index in [-0.39, 0.29) is 5.56 Å². The Bertz CT molecular complexity index is 904. The second-order valence-corrected chi connectivity index (χ2v) is 9.33. The summed E-state index contributed by atoms with van der Waals surface area (Å²) in [6.07, 6.45) is 2.64. The van der Waals surface area contributed by atoms with Crippen molar-refractivity contribution in [3.8, 4) is 11.1 Å². The van der Waals surface area contributed by atoms with Crippen molar-refractivity contribution in [2.24, 2.45) is 4.95 Å². The largest absolute Gasteiger partial charge is 0.371 e. The number of pyridine rings is 1. The fourth-order valence-electron chi connectivity index (χ4n) is 2.13. The Kier molecular flexibility index (Phi) is 5.61. The zero-order valence-corrected chi connectivity index (χ0v) is 14.2. The molecule has 1 heterocycles. The molecular weight excluding hydrogens is 380 g/mol. The van der Waals surface area contributed by atoms with E-state index in [4.69, 9.17) is 0 Å². The third kappa shape index (κ3) is 4.62. The molecule has 0 saturated carbocycles. The Morgan fingerprint density at radius 2 is 1.76 bits per heavy atom. The molecule has 0 amide bonds. The van der Waals surface area contributed by atoms with Gasteiger partial charge in [-0.2, -0.15) is 0 Å². The van der Waals surface area contributed by atoms with Crippen LogP contribution in [0.2, 0.25) is 0 Å².